The van der Waals surface area contributed by atoms with E-state index in [1.54, 1.807) is 6.92 Å². The van der Waals surface area contributed by atoms with Gasteiger partial charge in [0.05, 0.1) is 6.61 Å². The zero-order valence-corrected chi connectivity index (χ0v) is 9.84. The van der Waals surface area contributed by atoms with Gasteiger partial charge in [0.15, 0.2) is 5.25 Å². The van der Waals surface area contributed by atoms with Gasteiger partial charge in [-0.15, -0.1) is 0 Å². The number of hydrogen-bond donors (Lipinski definition) is 1. The van der Waals surface area contributed by atoms with Gasteiger partial charge < -0.3 is 9.84 Å². The number of hydrogen-bond acceptors (Lipinski definition) is 3. The molecule has 0 bridgehead atoms. The van der Waals surface area contributed by atoms with Crippen molar-refractivity contribution in [3.63, 3.8) is 0 Å². The number of ether oxygens (including phenoxy) is 1. The molecule has 0 aromatic heterocycles. The fraction of sp³-hybridized carbons (Fsp3) is 0.889. The quantitative estimate of drug-likeness (QED) is 0.724. The highest BCUT2D eigenvalue weighted by Crippen LogP contribution is 2.13. The van der Waals surface area contributed by atoms with Gasteiger partial charge in [-0.05, 0) is 5.92 Å². The summed E-state index contributed by atoms with van der Waals surface area (Å²) in [7, 11) is 0.0227. The van der Waals surface area contributed by atoms with Gasteiger partial charge in [0.25, 0.3) is 0 Å². The molecule has 1 N–H and O–H groups in total. The van der Waals surface area contributed by atoms with Crippen molar-refractivity contribution in [3.8, 4) is 0 Å². The lowest BCUT2D eigenvalue weighted by molar-refractivity contribution is -0.137. The minimum absolute atomic E-state index is 0.000988. The van der Waals surface area contributed by atoms with Crippen molar-refractivity contribution >= 4 is 16.8 Å². The lowest BCUT2D eigenvalue weighted by Crippen LogP contribution is -2.36. The molecule has 0 spiro atoms. The van der Waals surface area contributed by atoms with Crippen molar-refractivity contribution in [3.05, 3.63) is 0 Å². The SMILES string of the molecule is COCC(C(=O)O)S(=O)C(C)C(C)C. The predicted molar refractivity (Wildman–Crippen MR) is 55.7 cm³/mol. The Morgan fingerprint density at radius 2 is 1.93 bits per heavy atom. The van der Waals surface area contributed by atoms with Crippen LogP contribution in [0.2, 0.25) is 0 Å². The Kier molecular flexibility index (Phi) is 5.95. The van der Waals surface area contributed by atoms with E-state index in [0.717, 1.165) is 0 Å². The molecule has 0 aliphatic rings. The molecule has 0 saturated heterocycles. The van der Waals surface area contributed by atoms with Crippen LogP contribution in [0.3, 0.4) is 0 Å². The van der Waals surface area contributed by atoms with Crippen molar-refractivity contribution in [1.29, 1.82) is 0 Å². The summed E-state index contributed by atoms with van der Waals surface area (Å²) < 4.78 is 16.5. The fourth-order valence-corrected chi connectivity index (χ4v) is 2.44. The molecule has 0 fully saturated rings. The Bertz CT molecular complexity index is 215. The maximum Gasteiger partial charge on any atom is 0.321 e. The molecule has 3 unspecified atom stereocenters. The molecule has 0 aliphatic carbocycles. The largest absolute Gasteiger partial charge is 0.480 e. The fourth-order valence-electron chi connectivity index (χ4n) is 0.916. The van der Waals surface area contributed by atoms with E-state index >= 15 is 0 Å². The van der Waals surface area contributed by atoms with Crippen LogP contribution in [0.5, 0.6) is 0 Å². The first-order valence-corrected chi connectivity index (χ1v) is 5.80. The Balaban J connectivity index is 4.51. The van der Waals surface area contributed by atoms with Gasteiger partial charge in [0, 0.05) is 23.2 Å². The normalized spacial score (nSPS) is 17.8. The van der Waals surface area contributed by atoms with Crippen LogP contribution in [0.25, 0.3) is 0 Å². The second-order valence-electron chi connectivity index (χ2n) is 3.56. The number of carboxylic acids is 1. The van der Waals surface area contributed by atoms with Crippen molar-refractivity contribution in [2.45, 2.75) is 31.3 Å². The van der Waals surface area contributed by atoms with Crippen LogP contribution in [-0.2, 0) is 20.3 Å². The van der Waals surface area contributed by atoms with Crippen molar-refractivity contribution in [2.75, 3.05) is 13.7 Å². The molecule has 14 heavy (non-hydrogen) atoms. The van der Waals surface area contributed by atoms with E-state index in [2.05, 4.69) is 0 Å². The molecule has 0 radical (unpaired) electrons. The summed E-state index contributed by atoms with van der Waals surface area (Å²) in [4.78, 5) is 10.8. The van der Waals surface area contributed by atoms with Crippen LogP contribution in [0.4, 0.5) is 0 Å². The summed E-state index contributed by atoms with van der Waals surface area (Å²) in [5, 5.41) is 7.78. The van der Waals surface area contributed by atoms with Crippen molar-refractivity contribution in [1.82, 2.24) is 0 Å². The van der Waals surface area contributed by atoms with Gasteiger partial charge in [0.2, 0.25) is 0 Å². The van der Waals surface area contributed by atoms with Crippen LogP contribution in [0.1, 0.15) is 20.8 Å². The highest BCUT2D eigenvalue weighted by atomic mass is 32.2. The molecular weight excluding hydrogens is 204 g/mol. The van der Waals surface area contributed by atoms with E-state index in [1.165, 1.54) is 7.11 Å². The monoisotopic (exact) mass is 222 g/mol. The van der Waals surface area contributed by atoms with Crippen molar-refractivity contribution in [2.24, 2.45) is 5.92 Å². The van der Waals surface area contributed by atoms with E-state index < -0.39 is 22.0 Å². The molecule has 0 aromatic carbocycles. The first-order valence-electron chi connectivity index (χ1n) is 4.53. The molecule has 0 heterocycles. The third-order valence-corrected chi connectivity index (χ3v) is 4.35. The number of aliphatic carboxylic acids is 1. The summed E-state index contributed by atoms with van der Waals surface area (Å²) in [6, 6.07) is 0. The maximum absolute atomic E-state index is 11.8. The first kappa shape index (κ1) is 13.6. The number of methoxy groups -OCH3 is 1. The molecule has 0 aromatic rings. The second kappa shape index (κ2) is 6.14. The smallest absolute Gasteiger partial charge is 0.321 e. The summed E-state index contributed by atoms with van der Waals surface area (Å²) in [6.07, 6.45) is 0. The highest BCUT2D eigenvalue weighted by molar-refractivity contribution is 7.87. The summed E-state index contributed by atoms with van der Waals surface area (Å²) in [5.41, 5.74) is 0. The zero-order valence-electron chi connectivity index (χ0n) is 9.02. The Hall–Kier alpha value is -0.420. The minimum Gasteiger partial charge on any atom is -0.480 e. The van der Waals surface area contributed by atoms with Gasteiger partial charge in [-0.2, -0.15) is 0 Å². The molecule has 0 amide bonds. The number of carboxylic acid groups (broad SMARTS) is 1. The van der Waals surface area contributed by atoms with Crippen LogP contribution in [-0.4, -0.2) is 39.5 Å². The molecule has 5 heteroatoms. The van der Waals surface area contributed by atoms with Crippen LogP contribution >= 0.6 is 0 Å². The second-order valence-corrected chi connectivity index (χ2v) is 5.53. The van der Waals surface area contributed by atoms with Gasteiger partial charge in [-0.25, -0.2) is 0 Å². The number of rotatable bonds is 6. The molecule has 3 atom stereocenters. The minimum atomic E-state index is -1.39. The van der Waals surface area contributed by atoms with Gasteiger partial charge in [-0.3, -0.25) is 9.00 Å². The zero-order chi connectivity index (χ0) is 11.3. The lowest BCUT2D eigenvalue weighted by atomic mass is 10.2. The average Bonchev–Trinajstić information content (AvgIpc) is 2.11. The number of carbonyl (C=O) groups is 1. The topological polar surface area (TPSA) is 63.6 Å². The van der Waals surface area contributed by atoms with Crippen LogP contribution in [0, 0.1) is 5.92 Å². The van der Waals surface area contributed by atoms with E-state index in [1.807, 2.05) is 13.8 Å². The average molecular weight is 222 g/mol. The molecule has 4 nitrogen and oxygen atoms in total. The van der Waals surface area contributed by atoms with Crippen LogP contribution in [0.15, 0.2) is 0 Å². The Labute approximate surface area is 87.1 Å². The molecule has 0 rings (SSSR count). The Morgan fingerprint density at radius 1 is 1.43 bits per heavy atom. The van der Waals surface area contributed by atoms with E-state index in [-0.39, 0.29) is 17.8 Å². The first-order chi connectivity index (χ1) is 6.41. The third-order valence-electron chi connectivity index (χ3n) is 2.18. The lowest BCUT2D eigenvalue weighted by Gasteiger charge is -2.19. The predicted octanol–water partition coefficient (Wildman–Crippen LogP) is 0.879. The van der Waals surface area contributed by atoms with Gasteiger partial charge in [0.1, 0.15) is 0 Å². The van der Waals surface area contributed by atoms with Crippen molar-refractivity contribution < 1.29 is 18.8 Å². The summed E-state index contributed by atoms with van der Waals surface area (Å²) >= 11 is 0. The molecular formula is C9H18O4S. The molecule has 0 aliphatic heterocycles. The standard InChI is InChI=1S/C9H18O4S/c1-6(2)7(3)14(12)8(5-13-4)9(10)11/h6-8H,5H2,1-4H3,(H,10,11). The van der Waals surface area contributed by atoms with Gasteiger partial charge >= 0.3 is 5.97 Å². The van der Waals surface area contributed by atoms with Crippen LogP contribution < -0.4 is 0 Å². The maximum atomic E-state index is 11.8. The summed E-state index contributed by atoms with van der Waals surface area (Å²) in [6.45, 7) is 5.65. The van der Waals surface area contributed by atoms with E-state index in [0.29, 0.717) is 0 Å². The Morgan fingerprint density at radius 3 is 2.21 bits per heavy atom. The highest BCUT2D eigenvalue weighted by Gasteiger charge is 2.29. The third kappa shape index (κ3) is 3.75. The van der Waals surface area contributed by atoms with E-state index in [9.17, 15) is 9.00 Å². The molecule has 84 valence electrons. The molecule has 0 saturated carbocycles. The summed E-state index contributed by atoms with van der Waals surface area (Å²) in [5.74, 6) is -0.854. The van der Waals surface area contributed by atoms with E-state index in [4.69, 9.17) is 9.84 Å². The van der Waals surface area contributed by atoms with Gasteiger partial charge in [-0.1, -0.05) is 20.8 Å².